The molecule has 0 bridgehead atoms. The van der Waals surface area contributed by atoms with Crippen molar-refractivity contribution >= 4 is 0 Å². The van der Waals surface area contributed by atoms with Crippen molar-refractivity contribution in [1.82, 2.24) is 15.0 Å². The van der Waals surface area contributed by atoms with Gasteiger partial charge in [-0.15, -0.1) is 0 Å². The predicted molar refractivity (Wildman–Crippen MR) is 235 cm³/mol. The van der Waals surface area contributed by atoms with E-state index >= 15 is 0 Å². The average Bonchev–Trinajstić information content (AvgIpc) is 3.51. The molecule has 0 fully saturated rings. The van der Waals surface area contributed by atoms with Gasteiger partial charge in [0.05, 0.1) is 0 Å². The zero-order valence-corrected chi connectivity index (χ0v) is 31.9. The quantitative estimate of drug-likeness (QED) is 0.164. The Bertz CT molecular complexity index is 2900. The molecule has 57 heavy (non-hydrogen) atoms. The Morgan fingerprint density at radius 2 is 0.702 bits per heavy atom. The number of rotatable bonds is 7. The summed E-state index contributed by atoms with van der Waals surface area (Å²) in [6.45, 7) is 4.68. The van der Waals surface area contributed by atoms with E-state index in [4.69, 9.17) is 15.0 Å². The van der Waals surface area contributed by atoms with Crippen LogP contribution in [-0.4, -0.2) is 15.0 Å². The van der Waals surface area contributed by atoms with Crippen molar-refractivity contribution in [2.24, 2.45) is 0 Å². The van der Waals surface area contributed by atoms with Crippen molar-refractivity contribution < 1.29 is 0 Å². The van der Waals surface area contributed by atoms with E-state index in [-0.39, 0.29) is 5.41 Å². The molecule has 0 aliphatic heterocycles. The van der Waals surface area contributed by atoms with Crippen LogP contribution in [-0.2, 0) is 5.41 Å². The molecule has 0 radical (unpaired) electrons. The minimum Gasteiger partial charge on any atom is -0.208 e. The highest BCUT2D eigenvalue weighted by molar-refractivity contribution is 5.93. The summed E-state index contributed by atoms with van der Waals surface area (Å²) < 4.78 is 0. The second-order valence-electron chi connectivity index (χ2n) is 15.2. The van der Waals surface area contributed by atoms with E-state index in [2.05, 4.69) is 196 Å². The maximum absolute atomic E-state index is 5.24. The van der Waals surface area contributed by atoms with Gasteiger partial charge in [0, 0.05) is 22.1 Å². The molecule has 1 aliphatic carbocycles. The summed E-state index contributed by atoms with van der Waals surface area (Å²) in [4.78, 5) is 15.5. The summed E-state index contributed by atoms with van der Waals surface area (Å²) >= 11 is 0. The molecule has 0 N–H and O–H groups in total. The van der Waals surface area contributed by atoms with E-state index in [0.29, 0.717) is 17.5 Å². The van der Waals surface area contributed by atoms with Gasteiger partial charge in [0.25, 0.3) is 0 Å². The summed E-state index contributed by atoms with van der Waals surface area (Å²) in [6.07, 6.45) is 0. The molecule has 0 saturated heterocycles. The van der Waals surface area contributed by atoms with E-state index in [0.717, 1.165) is 44.5 Å². The largest absolute Gasteiger partial charge is 0.208 e. The zero-order valence-electron chi connectivity index (χ0n) is 31.9. The van der Waals surface area contributed by atoms with Crippen LogP contribution >= 0.6 is 0 Å². The van der Waals surface area contributed by atoms with Gasteiger partial charge in [0.15, 0.2) is 17.5 Å². The molecule has 0 spiro atoms. The highest BCUT2D eigenvalue weighted by atomic mass is 15.0. The number of benzene rings is 8. The summed E-state index contributed by atoms with van der Waals surface area (Å²) in [5.74, 6) is 1.89. The number of nitrogens with zero attached hydrogens (tertiary/aromatic N) is 3. The SMILES string of the molecule is CC1(C)c2ccccc2-c2cc(-c3ccccc3)c(-c3cccc(-c4nc(-c5ccccc5)nc(-c5ccc(-c6ccccc6)c(-c6ccccc6)c5)n4)c3)cc21. The van der Waals surface area contributed by atoms with Gasteiger partial charge in [-0.1, -0.05) is 190 Å². The topological polar surface area (TPSA) is 38.7 Å². The first-order valence-electron chi connectivity index (χ1n) is 19.5. The zero-order chi connectivity index (χ0) is 38.3. The average molecular weight is 730 g/mol. The Morgan fingerprint density at radius 3 is 1.32 bits per heavy atom. The molecule has 3 nitrogen and oxygen atoms in total. The molecule has 0 amide bonds. The molecule has 0 unspecified atom stereocenters. The van der Waals surface area contributed by atoms with Gasteiger partial charge >= 0.3 is 0 Å². The molecule has 3 heteroatoms. The van der Waals surface area contributed by atoms with Crippen molar-refractivity contribution in [3.63, 3.8) is 0 Å². The van der Waals surface area contributed by atoms with Crippen molar-refractivity contribution in [3.8, 4) is 89.8 Å². The summed E-state index contributed by atoms with van der Waals surface area (Å²) in [5, 5.41) is 0. The predicted octanol–water partition coefficient (Wildman–Crippen LogP) is 13.8. The lowest BCUT2D eigenvalue weighted by atomic mass is 9.80. The van der Waals surface area contributed by atoms with E-state index in [1.54, 1.807) is 0 Å². The van der Waals surface area contributed by atoms with Crippen LogP contribution in [0.25, 0.3) is 89.8 Å². The van der Waals surface area contributed by atoms with E-state index in [1.807, 2.05) is 18.2 Å². The molecule has 1 aromatic heterocycles. The number of hydrogen-bond donors (Lipinski definition) is 0. The molecule has 9 aromatic rings. The number of hydrogen-bond acceptors (Lipinski definition) is 3. The smallest absolute Gasteiger partial charge is 0.164 e. The molecule has 0 atom stereocenters. The summed E-state index contributed by atoms with van der Waals surface area (Å²) in [5.41, 5.74) is 17.3. The molecule has 270 valence electrons. The standard InChI is InChI=1S/C54H39N3/c1-54(2)49-29-16-15-28-44(49)48-34-46(38-22-11-5-12-23-38)47(35-50(48)54)40-26-17-27-41(32-40)52-55-51(39-24-13-6-14-25-39)56-53(57-52)42-30-31-43(36-18-7-3-8-19-36)45(33-42)37-20-9-4-10-21-37/h3-35H,1-2H3. The summed E-state index contributed by atoms with van der Waals surface area (Å²) in [6, 6.07) is 70.9. The van der Waals surface area contributed by atoms with Gasteiger partial charge in [0.1, 0.15) is 0 Å². The Kier molecular flexibility index (Phi) is 8.49. The van der Waals surface area contributed by atoms with Crippen molar-refractivity contribution in [2.75, 3.05) is 0 Å². The third kappa shape index (κ3) is 6.24. The fourth-order valence-electron chi connectivity index (χ4n) is 8.43. The summed E-state index contributed by atoms with van der Waals surface area (Å²) in [7, 11) is 0. The normalized spacial score (nSPS) is 12.5. The van der Waals surface area contributed by atoms with Crippen LogP contribution in [0.2, 0.25) is 0 Å². The van der Waals surface area contributed by atoms with Crippen LogP contribution in [0.3, 0.4) is 0 Å². The van der Waals surface area contributed by atoms with Crippen LogP contribution in [0.15, 0.2) is 200 Å². The van der Waals surface area contributed by atoms with Gasteiger partial charge in [-0.05, 0) is 91.0 Å². The Balaban J connectivity index is 1.15. The second-order valence-corrected chi connectivity index (χ2v) is 15.2. The van der Waals surface area contributed by atoms with Crippen LogP contribution < -0.4 is 0 Å². The minimum atomic E-state index is -0.129. The Morgan fingerprint density at radius 1 is 0.263 bits per heavy atom. The molecule has 1 heterocycles. The highest BCUT2D eigenvalue weighted by Crippen LogP contribution is 2.52. The minimum absolute atomic E-state index is 0.129. The van der Waals surface area contributed by atoms with Crippen LogP contribution in [0.4, 0.5) is 0 Å². The molecule has 1 aliphatic rings. The van der Waals surface area contributed by atoms with Gasteiger partial charge in [0.2, 0.25) is 0 Å². The van der Waals surface area contributed by atoms with Gasteiger partial charge < -0.3 is 0 Å². The van der Waals surface area contributed by atoms with Crippen molar-refractivity contribution in [3.05, 3.63) is 211 Å². The molecular weight excluding hydrogens is 691 g/mol. The fourth-order valence-corrected chi connectivity index (χ4v) is 8.43. The monoisotopic (exact) mass is 729 g/mol. The third-order valence-corrected chi connectivity index (χ3v) is 11.4. The first kappa shape index (κ1) is 34.3. The first-order chi connectivity index (χ1) is 28.0. The van der Waals surface area contributed by atoms with E-state index in [9.17, 15) is 0 Å². The van der Waals surface area contributed by atoms with E-state index in [1.165, 1.54) is 38.9 Å². The molecule has 10 rings (SSSR count). The van der Waals surface area contributed by atoms with Crippen LogP contribution in [0, 0.1) is 0 Å². The first-order valence-corrected chi connectivity index (χ1v) is 19.5. The lowest BCUT2D eigenvalue weighted by Crippen LogP contribution is -2.15. The van der Waals surface area contributed by atoms with Gasteiger partial charge in [-0.25, -0.2) is 15.0 Å². The maximum Gasteiger partial charge on any atom is 0.164 e. The maximum atomic E-state index is 5.24. The van der Waals surface area contributed by atoms with Crippen LogP contribution in [0.1, 0.15) is 25.0 Å². The lowest BCUT2D eigenvalue weighted by Gasteiger charge is -2.23. The lowest BCUT2D eigenvalue weighted by molar-refractivity contribution is 0.660. The van der Waals surface area contributed by atoms with Crippen LogP contribution in [0.5, 0.6) is 0 Å². The van der Waals surface area contributed by atoms with Gasteiger partial charge in [-0.3, -0.25) is 0 Å². The van der Waals surface area contributed by atoms with Crippen molar-refractivity contribution in [2.45, 2.75) is 19.3 Å². The van der Waals surface area contributed by atoms with E-state index < -0.39 is 0 Å². The highest BCUT2D eigenvalue weighted by Gasteiger charge is 2.36. The van der Waals surface area contributed by atoms with Gasteiger partial charge in [-0.2, -0.15) is 0 Å². The molecule has 0 saturated carbocycles. The Labute approximate surface area is 334 Å². The molecule has 8 aromatic carbocycles. The Hall–Kier alpha value is -7.23. The third-order valence-electron chi connectivity index (χ3n) is 11.4. The fraction of sp³-hybridized carbons (Fsp3) is 0.0556. The second kappa shape index (κ2) is 14.1. The molecular formula is C54H39N3. The van der Waals surface area contributed by atoms with Crippen molar-refractivity contribution in [1.29, 1.82) is 0 Å². The number of fused-ring (bicyclic) bond motifs is 3. The number of aromatic nitrogens is 3.